The average Bonchev–Trinajstić information content (AvgIpc) is 3.31. The van der Waals surface area contributed by atoms with E-state index in [1.54, 1.807) is 19.1 Å². The van der Waals surface area contributed by atoms with E-state index < -0.39 is 41.6 Å². The Morgan fingerprint density at radius 2 is 1.87 bits per heavy atom. The summed E-state index contributed by atoms with van der Waals surface area (Å²) in [6.45, 7) is 3.86. The second-order valence-corrected chi connectivity index (χ2v) is 8.94. The predicted octanol–water partition coefficient (Wildman–Crippen LogP) is 2.33. The third-order valence-electron chi connectivity index (χ3n) is 6.03. The molecule has 0 aliphatic carbocycles. The van der Waals surface area contributed by atoms with E-state index in [9.17, 15) is 28.4 Å². The topological polar surface area (TPSA) is 143 Å². The van der Waals surface area contributed by atoms with Crippen molar-refractivity contribution in [2.45, 2.75) is 38.8 Å². The van der Waals surface area contributed by atoms with E-state index in [1.807, 2.05) is 0 Å². The number of carbonyl (C=O) groups excluding carboxylic acids is 5. The molecule has 0 bridgehead atoms. The van der Waals surface area contributed by atoms with E-state index in [2.05, 4.69) is 21.3 Å². The number of esters is 1. The number of para-hydroxylation sites is 1. The van der Waals surface area contributed by atoms with Crippen LogP contribution in [0.5, 0.6) is 0 Å². The number of amides is 4. The summed E-state index contributed by atoms with van der Waals surface area (Å²) in [5.41, 5.74) is 0.394. The van der Waals surface area contributed by atoms with Gasteiger partial charge in [-0.1, -0.05) is 24.3 Å². The predicted molar refractivity (Wildman–Crippen MR) is 141 cm³/mol. The van der Waals surface area contributed by atoms with Crippen LogP contribution in [0.4, 0.5) is 10.1 Å². The van der Waals surface area contributed by atoms with Gasteiger partial charge in [-0.15, -0.1) is 0 Å². The molecule has 3 atom stereocenters. The van der Waals surface area contributed by atoms with Crippen LogP contribution in [0.1, 0.15) is 47.4 Å². The Hall–Kier alpha value is -4.54. The summed E-state index contributed by atoms with van der Waals surface area (Å²) in [5, 5.41) is 10.7. The molecule has 1 saturated heterocycles. The van der Waals surface area contributed by atoms with Crippen LogP contribution in [-0.4, -0.2) is 54.8 Å². The van der Waals surface area contributed by atoms with E-state index in [4.69, 9.17) is 4.74 Å². The van der Waals surface area contributed by atoms with Crippen molar-refractivity contribution in [2.24, 2.45) is 5.92 Å². The van der Waals surface area contributed by atoms with Gasteiger partial charge in [0.25, 0.3) is 11.8 Å². The Kier molecular flexibility index (Phi) is 10.3. The second kappa shape index (κ2) is 13.8. The number of rotatable bonds is 11. The first-order valence-electron chi connectivity index (χ1n) is 12.6. The standard InChI is InChI=1S/C28H31FN4O6/c1-3-39-24(34)12-11-21(16-19-13-14-30-26(19)36)32-28(38)22-9-4-5-10-23(22)33-25(35)17(2)31-27(37)18-7-6-8-20(29)15-18/h4-12,15,17,19,21H,3,13-14,16H2,1-2H3,(H,30,36)(H,31,37)(H,32,38)(H,33,35)/b12-11+/t17-,19?,21-/m1/s1. The summed E-state index contributed by atoms with van der Waals surface area (Å²) >= 11 is 0. The van der Waals surface area contributed by atoms with Crippen LogP contribution in [-0.2, 0) is 19.1 Å². The molecule has 1 unspecified atom stereocenters. The molecule has 0 spiro atoms. The molecule has 1 aliphatic heterocycles. The summed E-state index contributed by atoms with van der Waals surface area (Å²) < 4.78 is 18.3. The van der Waals surface area contributed by atoms with Gasteiger partial charge in [0, 0.05) is 30.1 Å². The zero-order valence-electron chi connectivity index (χ0n) is 21.7. The summed E-state index contributed by atoms with van der Waals surface area (Å²) in [6.07, 6.45) is 3.56. The average molecular weight is 539 g/mol. The SMILES string of the molecule is CCOC(=O)/C=C/[C@H](CC1CCNC1=O)NC(=O)c1ccccc1NC(=O)[C@@H](C)NC(=O)c1cccc(F)c1. The van der Waals surface area contributed by atoms with Crippen molar-refractivity contribution in [1.29, 1.82) is 0 Å². The van der Waals surface area contributed by atoms with Crippen LogP contribution in [0.25, 0.3) is 0 Å². The second-order valence-electron chi connectivity index (χ2n) is 8.94. The molecular formula is C28H31FN4O6. The number of anilines is 1. The first kappa shape index (κ1) is 29.0. The number of halogens is 1. The highest BCUT2D eigenvalue weighted by Gasteiger charge is 2.28. The van der Waals surface area contributed by atoms with Gasteiger partial charge in [0.1, 0.15) is 11.9 Å². The molecule has 11 heteroatoms. The Labute approximate surface area is 225 Å². The van der Waals surface area contributed by atoms with Crippen molar-refractivity contribution < 1.29 is 33.1 Å². The largest absolute Gasteiger partial charge is 0.463 e. The van der Waals surface area contributed by atoms with Crippen molar-refractivity contribution in [1.82, 2.24) is 16.0 Å². The summed E-state index contributed by atoms with van der Waals surface area (Å²) in [7, 11) is 0. The van der Waals surface area contributed by atoms with Crippen molar-refractivity contribution in [3.63, 3.8) is 0 Å². The molecule has 0 radical (unpaired) electrons. The van der Waals surface area contributed by atoms with Gasteiger partial charge >= 0.3 is 5.97 Å². The molecule has 2 aromatic carbocycles. The minimum atomic E-state index is -1.00. The first-order valence-corrected chi connectivity index (χ1v) is 12.6. The van der Waals surface area contributed by atoms with E-state index in [-0.39, 0.29) is 41.7 Å². The molecule has 1 aliphatic rings. The normalized spacial score (nSPS) is 16.2. The number of benzene rings is 2. The van der Waals surface area contributed by atoms with Gasteiger partial charge in [-0.3, -0.25) is 19.2 Å². The molecule has 10 nitrogen and oxygen atoms in total. The highest BCUT2D eigenvalue weighted by atomic mass is 19.1. The highest BCUT2D eigenvalue weighted by Crippen LogP contribution is 2.19. The minimum absolute atomic E-state index is 0.0623. The molecule has 4 N–H and O–H groups in total. The Morgan fingerprint density at radius 3 is 2.56 bits per heavy atom. The lowest BCUT2D eigenvalue weighted by molar-refractivity contribution is -0.137. The van der Waals surface area contributed by atoms with Crippen LogP contribution >= 0.6 is 0 Å². The summed E-state index contributed by atoms with van der Waals surface area (Å²) in [4.78, 5) is 62.3. The molecule has 4 amide bonds. The van der Waals surface area contributed by atoms with E-state index in [0.717, 1.165) is 6.07 Å². The van der Waals surface area contributed by atoms with Crippen molar-refractivity contribution in [2.75, 3.05) is 18.5 Å². The Balaban J connectivity index is 1.70. The zero-order chi connectivity index (χ0) is 28.4. The third kappa shape index (κ3) is 8.49. The van der Waals surface area contributed by atoms with Crippen molar-refractivity contribution in [3.8, 4) is 0 Å². The molecule has 3 rings (SSSR count). The monoisotopic (exact) mass is 538 g/mol. The fourth-order valence-electron chi connectivity index (χ4n) is 4.00. The molecule has 0 saturated carbocycles. The van der Waals surface area contributed by atoms with Crippen molar-refractivity contribution in [3.05, 3.63) is 77.6 Å². The molecule has 1 fully saturated rings. The smallest absolute Gasteiger partial charge is 0.330 e. The number of hydrogen-bond donors (Lipinski definition) is 4. The van der Waals surface area contributed by atoms with Crippen LogP contribution in [0.15, 0.2) is 60.7 Å². The Morgan fingerprint density at radius 1 is 1.10 bits per heavy atom. The van der Waals surface area contributed by atoms with Crippen molar-refractivity contribution >= 4 is 35.3 Å². The van der Waals surface area contributed by atoms with Gasteiger partial charge in [-0.25, -0.2) is 9.18 Å². The van der Waals surface area contributed by atoms with Gasteiger partial charge < -0.3 is 26.0 Å². The minimum Gasteiger partial charge on any atom is -0.463 e. The van der Waals surface area contributed by atoms with Crippen LogP contribution < -0.4 is 21.3 Å². The van der Waals surface area contributed by atoms with Crippen LogP contribution in [0.3, 0.4) is 0 Å². The summed E-state index contributed by atoms with van der Waals surface area (Å²) in [6, 6.07) is 9.69. The van der Waals surface area contributed by atoms with Gasteiger partial charge in [-0.05, 0) is 57.0 Å². The first-order chi connectivity index (χ1) is 18.7. The molecule has 2 aromatic rings. The number of carbonyl (C=O) groups is 5. The van der Waals surface area contributed by atoms with Crippen LogP contribution in [0, 0.1) is 11.7 Å². The maximum absolute atomic E-state index is 13.4. The van der Waals surface area contributed by atoms with Gasteiger partial charge in [0.05, 0.1) is 17.9 Å². The molecule has 1 heterocycles. The quantitative estimate of drug-likeness (QED) is 0.256. The molecule has 39 heavy (non-hydrogen) atoms. The number of ether oxygens (including phenoxy) is 1. The maximum Gasteiger partial charge on any atom is 0.330 e. The van der Waals surface area contributed by atoms with Gasteiger partial charge in [0.15, 0.2) is 0 Å². The van der Waals surface area contributed by atoms with E-state index in [0.29, 0.717) is 13.0 Å². The number of hydrogen-bond acceptors (Lipinski definition) is 6. The lowest BCUT2D eigenvalue weighted by Gasteiger charge is -2.20. The van der Waals surface area contributed by atoms with Crippen LogP contribution in [0.2, 0.25) is 0 Å². The lowest BCUT2D eigenvalue weighted by Crippen LogP contribution is -2.42. The fraction of sp³-hybridized carbons (Fsp3) is 0.321. The lowest BCUT2D eigenvalue weighted by atomic mass is 9.97. The Bertz CT molecular complexity index is 1260. The number of nitrogens with one attached hydrogen (secondary N) is 4. The molecule has 0 aromatic heterocycles. The summed E-state index contributed by atoms with van der Waals surface area (Å²) in [5.74, 6) is -3.38. The van der Waals surface area contributed by atoms with Gasteiger partial charge in [0.2, 0.25) is 11.8 Å². The molecular weight excluding hydrogens is 507 g/mol. The van der Waals surface area contributed by atoms with Gasteiger partial charge in [-0.2, -0.15) is 0 Å². The van der Waals surface area contributed by atoms with E-state index in [1.165, 1.54) is 49.4 Å². The fourth-order valence-corrected chi connectivity index (χ4v) is 4.00. The zero-order valence-corrected chi connectivity index (χ0v) is 21.7. The third-order valence-corrected chi connectivity index (χ3v) is 6.03. The van der Waals surface area contributed by atoms with E-state index >= 15 is 0 Å². The highest BCUT2D eigenvalue weighted by molar-refractivity contribution is 6.06. The molecule has 206 valence electrons. The maximum atomic E-state index is 13.4.